The number of hydrogen-bond acceptors (Lipinski definition) is 4. The van der Waals surface area contributed by atoms with Gasteiger partial charge < -0.3 is 19.9 Å². The summed E-state index contributed by atoms with van der Waals surface area (Å²) in [5, 5.41) is 19.3. The fourth-order valence-corrected chi connectivity index (χ4v) is 1.68. The summed E-state index contributed by atoms with van der Waals surface area (Å²) in [4.78, 5) is 23.6. The number of halogens is 4. The first kappa shape index (κ1) is 19.7. The number of nitrogens with one attached hydrogen (secondary N) is 1. The van der Waals surface area contributed by atoms with Gasteiger partial charge in [-0.15, -0.1) is 0 Å². The minimum absolute atomic E-state index is 0.110. The van der Waals surface area contributed by atoms with Crippen LogP contribution in [0.15, 0.2) is 24.5 Å². The van der Waals surface area contributed by atoms with Gasteiger partial charge in [0.15, 0.2) is 0 Å². The molecule has 0 unspecified atom stereocenters. The molecule has 11 heteroatoms. The third kappa shape index (κ3) is 6.84. The first-order valence-corrected chi connectivity index (χ1v) is 6.83. The summed E-state index contributed by atoms with van der Waals surface area (Å²) >= 11 is 5.86. The lowest BCUT2D eigenvalue weighted by Crippen LogP contribution is -2.21. The van der Waals surface area contributed by atoms with Crippen molar-refractivity contribution in [2.24, 2.45) is 0 Å². The summed E-state index contributed by atoms with van der Waals surface area (Å²) in [5.41, 5.74) is 1.68. The molecule has 0 aromatic carbocycles. The molecule has 0 saturated carbocycles. The number of imidazole rings is 1. The number of carbonyl (C=O) groups is 2. The molecule has 24 heavy (non-hydrogen) atoms. The van der Waals surface area contributed by atoms with Gasteiger partial charge in [-0.2, -0.15) is 13.2 Å². The average molecular weight is 368 g/mol. The minimum atomic E-state index is -5.08. The Balaban J connectivity index is 0.000000351. The molecule has 0 aliphatic carbocycles. The largest absolute Gasteiger partial charge is 0.490 e. The second kappa shape index (κ2) is 8.50. The molecule has 3 N–H and O–H groups in total. The Morgan fingerprint density at radius 3 is 2.42 bits per heavy atom. The van der Waals surface area contributed by atoms with Gasteiger partial charge >= 0.3 is 18.1 Å². The van der Waals surface area contributed by atoms with Gasteiger partial charge in [0.1, 0.15) is 5.65 Å². The van der Waals surface area contributed by atoms with E-state index in [0.717, 1.165) is 11.3 Å². The number of carboxylic acid groups (broad SMARTS) is 2. The van der Waals surface area contributed by atoms with Crippen molar-refractivity contribution in [1.29, 1.82) is 0 Å². The van der Waals surface area contributed by atoms with Crippen LogP contribution in [0.25, 0.3) is 5.65 Å². The van der Waals surface area contributed by atoms with Gasteiger partial charge in [0.05, 0.1) is 17.1 Å². The van der Waals surface area contributed by atoms with E-state index in [4.69, 9.17) is 26.6 Å². The standard InChI is InChI=1S/C11H12ClN3O2.C2HF3O2/c12-8-1-2-10-14-9(7-15(10)6-8)5-13-4-3-11(16)17;3-2(4,5)1(6)7/h1-2,6-7,13H,3-5H2,(H,16,17);(H,6,7). The number of carboxylic acids is 2. The van der Waals surface area contributed by atoms with E-state index in [2.05, 4.69) is 10.3 Å². The highest BCUT2D eigenvalue weighted by Crippen LogP contribution is 2.13. The monoisotopic (exact) mass is 367 g/mol. The Morgan fingerprint density at radius 1 is 1.25 bits per heavy atom. The molecule has 0 fully saturated rings. The van der Waals surface area contributed by atoms with Crippen LogP contribution < -0.4 is 5.32 Å². The van der Waals surface area contributed by atoms with Crippen LogP contribution >= 0.6 is 11.6 Å². The molecule has 132 valence electrons. The van der Waals surface area contributed by atoms with Crippen LogP contribution in [0.5, 0.6) is 0 Å². The molecular weight excluding hydrogens is 355 g/mol. The van der Waals surface area contributed by atoms with Crippen LogP contribution in [0.3, 0.4) is 0 Å². The smallest absolute Gasteiger partial charge is 0.481 e. The molecular formula is C13H13ClF3N3O4. The fraction of sp³-hybridized carbons (Fsp3) is 0.308. The molecule has 0 spiro atoms. The second-order valence-corrected chi connectivity index (χ2v) is 4.90. The van der Waals surface area contributed by atoms with E-state index in [0.29, 0.717) is 18.1 Å². The maximum absolute atomic E-state index is 10.6. The quantitative estimate of drug-likeness (QED) is 0.700. The van der Waals surface area contributed by atoms with Gasteiger partial charge in [0.2, 0.25) is 0 Å². The number of pyridine rings is 1. The molecule has 0 amide bonds. The Kier molecular flexibility index (Phi) is 6.98. The Labute approximate surface area is 138 Å². The van der Waals surface area contributed by atoms with Crippen molar-refractivity contribution < 1.29 is 33.0 Å². The summed E-state index contributed by atoms with van der Waals surface area (Å²) in [7, 11) is 0. The summed E-state index contributed by atoms with van der Waals surface area (Å²) in [6, 6.07) is 3.62. The number of aliphatic carboxylic acids is 2. The van der Waals surface area contributed by atoms with E-state index in [-0.39, 0.29) is 6.42 Å². The van der Waals surface area contributed by atoms with Crippen molar-refractivity contribution >= 4 is 29.2 Å². The summed E-state index contributed by atoms with van der Waals surface area (Å²) in [5.74, 6) is -3.56. The Hall–Kier alpha value is -2.33. The number of aromatic nitrogens is 2. The second-order valence-electron chi connectivity index (χ2n) is 4.47. The molecule has 0 atom stereocenters. The van der Waals surface area contributed by atoms with Crippen LogP contribution in [0, 0.1) is 0 Å². The van der Waals surface area contributed by atoms with Crippen LogP contribution in [-0.2, 0) is 16.1 Å². The molecule has 2 heterocycles. The third-order valence-electron chi connectivity index (χ3n) is 2.53. The van der Waals surface area contributed by atoms with E-state index in [1.54, 1.807) is 12.3 Å². The summed E-state index contributed by atoms with van der Waals surface area (Å²) < 4.78 is 33.6. The van der Waals surface area contributed by atoms with Crippen LogP contribution in [0.4, 0.5) is 13.2 Å². The van der Waals surface area contributed by atoms with Crippen molar-refractivity contribution in [3.63, 3.8) is 0 Å². The first-order chi connectivity index (χ1) is 11.1. The Morgan fingerprint density at radius 2 is 1.88 bits per heavy atom. The molecule has 0 saturated heterocycles. The topological polar surface area (TPSA) is 104 Å². The number of nitrogens with zero attached hydrogens (tertiary/aromatic N) is 2. The number of fused-ring (bicyclic) bond motifs is 1. The summed E-state index contributed by atoms with van der Waals surface area (Å²) in [6.45, 7) is 0.983. The lowest BCUT2D eigenvalue weighted by Gasteiger charge is -1.98. The molecule has 7 nitrogen and oxygen atoms in total. The van der Waals surface area contributed by atoms with Crippen molar-refractivity contribution in [1.82, 2.24) is 14.7 Å². The Bertz CT molecular complexity index is 718. The lowest BCUT2D eigenvalue weighted by molar-refractivity contribution is -0.192. The first-order valence-electron chi connectivity index (χ1n) is 6.45. The van der Waals surface area contributed by atoms with Crippen molar-refractivity contribution in [3.05, 3.63) is 35.2 Å². The predicted molar refractivity (Wildman–Crippen MR) is 77.9 cm³/mol. The van der Waals surface area contributed by atoms with Gasteiger partial charge in [-0.05, 0) is 12.1 Å². The highest BCUT2D eigenvalue weighted by atomic mass is 35.5. The van der Waals surface area contributed by atoms with Crippen molar-refractivity contribution in [3.8, 4) is 0 Å². The minimum Gasteiger partial charge on any atom is -0.481 e. The van der Waals surface area contributed by atoms with Gasteiger partial charge in [-0.3, -0.25) is 4.79 Å². The van der Waals surface area contributed by atoms with Crippen molar-refractivity contribution in [2.75, 3.05) is 6.54 Å². The average Bonchev–Trinajstić information content (AvgIpc) is 2.85. The number of rotatable bonds is 5. The lowest BCUT2D eigenvalue weighted by atomic mass is 10.4. The third-order valence-corrected chi connectivity index (χ3v) is 2.75. The maximum atomic E-state index is 10.6. The van der Waals surface area contributed by atoms with Crippen LogP contribution in [-0.4, -0.2) is 44.3 Å². The number of hydrogen-bond donors (Lipinski definition) is 3. The molecule has 2 aromatic rings. The molecule has 0 aliphatic rings. The van der Waals surface area contributed by atoms with Crippen LogP contribution in [0.1, 0.15) is 12.1 Å². The van der Waals surface area contributed by atoms with Gasteiger partial charge in [0.25, 0.3) is 0 Å². The zero-order chi connectivity index (χ0) is 18.3. The fourth-order valence-electron chi connectivity index (χ4n) is 1.51. The number of alkyl halides is 3. The van der Waals surface area contributed by atoms with Crippen LogP contribution in [0.2, 0.25) is 5.02 Å². The SMILES string of the molecule is O=C(O)C(F)(F)F.O=C(O)CCNCc1cn2cc(Cl)ccc2n1. The van der Waals surface area contributed by atoms with Gasteiger partial charge in [0, 0.05) is 25.5 Å². The van der Waals surface area contributed by atoms with E-state index in [9.17, 15) is 18.0 Å². The predicted octanol–water partition coefficient (Wildman–Crippen LogP) is 2.19. The summed E-state index contributed by atoms with van der Waals surface area (Å²) in [6.07, 6.45) is -1.32. The molecule has 0 bridgehead atoms. The van der Waals surface area contributed by atoms with E-state index in [1.165, 1.54) is 0 Å². The molecule has 2 aromatic heterocycles. The molecule has 0 aliphatic heterocycles. The van der Waals surface area contributed by atoms with Gasteiger partial charge in [-0.25, -0.2) is 9.78 Å². The molecule has 2 rings (SSSR count). The zero-order valence-electron chi connectivity index (χ0n) is 12.0. The normalized spacial score (nSPS) is 11.0. The molecule has 0 radical (unpaired) electrons. The van der Waals surface area contributed by atoms with E-state index >= 15 is 0 Å². The highest BCUT2D eigenvalue weighted by Gasteiger charge is 2.38. The van der Waals surface area contributed by atoms with E-state index < -0.39 is 18.1 Å². The van der Waals surface area contributed by atoms with E-state index in [1.807, 2.05) is 16.7 Å². The van der Waals surface area contributed by atoms with Crippen molar-refractivity contribution in [2.45, 2.75) is 19.1 Å². The highest BCUT2D eigenvalue weighted by molar-refractivity contribution is 6.30. The van der Waals surface area contributed by atoms with Gasteiger partial charge in [-0.1, -0.05) is 11.6 Å². The maximum Gasteiger partial charge on any atom is 0.490 e. The zero-order valence-corrected chi connectivity index (χ0v) is 12.8.